The van der Waals surface area contributed by atoms with E-state index in [1.54, 1.807) is 24.3 Å². The third-order valence-electron chi connectivity index (χ3n) is 7.44. The number of benzene rings is 5. The fraction of sp³-hybridized carbons (Fsp3) is 0.0588. The lowest BCUT2D eigenvalue weighted by Gasteiger charge is -2.43. The van der Waals surface area contributed by atoms with Gasteiger partial charge in [-0.15, -0.1) is 0 Å². The smallest absolute Gasteiger partial charge is 0.132 e. The summed E-state index contributed by atoms with van der Waals surface area (Å²) >= 11 is 0. The zero-order valence-electron chi connectivity index (χ0n) is 20.3. The molecule has 0 amide bonds. The summed E-state index contributed by atoms with van der Waals surface area (Å²) in [7, 11) is 0. The summed E-state index contributed by atoms with van der Waals surface area (Å²) in [6.07, 6.45) is 0. The molecule has 3 aliphatic carbocycles. The van der Waals surface area contributed by atoms with Gasteiger partial charge in [0.25, 0.3) is 0 Å². The molecule has 0 atom stereocenters. The Balaban J connectivity index is 1.43. The third kappa shape index (κ3) is 3.36. The van der Waals surface area contributed by atoms with Crippen LogP contribution in [0.1, 0.15) is 56.3 Å². The fourth-order valence-corrected chi connectivity index (χ4v) is 5.85. The summed E-state index contributed by atoms with van der Waals surface area (Å²) in [5.74, 6) is 2.90. The van der Waals surface area contributed by atoms with Gasteiger partial charge in [-0.25, -0.2) is 0 Å². The lowest BCUT2D eigenvalue weighted by molar-refractivity contribution is 0.451. The quantitative estimate of drug-likeness (QED) is 0.252. The van der Waals surface area contributed by atoms with Crippen molar-refractivity contribution in [1.29, 1.82) is 10.5 Å². The molecule has 0 spiro atoms. The van der Waals surface area contributed by atoms with Crippen molar-refractivity contribution in [1.82, 2.24) is 0 Å². The van der Waals surface area contributed by atoms with E-state index < -0.39 is 0 Å². The van der Waals surface area contributed by atoms with Crippen LogP contribution in [0.3, 0.4) is 0 Å². The first-order valence-corrected chi connectivity index (χ1v) is 12.5. The highest BCUT2D eigenvalue weighted by Crippen LogP contribution is 2.60. The van der Waals surface area contributed by atoms with E-state index in [4.69, 9.17) is 9.47 Å². The molecule has 0 unspecified atom stereocenters. The van der Waals surface area contributed by atoms with Gasteiger partial charge in [0.15, 0.2) is 0 Å². The Hall–Kier alpha value is -5.32. The van der Waals surface area contributed by atoms with E-state index in [1.807, 2.05) is 36.4 Å². The number of rotatable bonds is 4. The highest BCUT2D eigenvalue weighted by molar-refractivity contribution is 5.73. The monoisotopic (exact) mass is 488 g/mol. The van der Waals surface area contributed by atoms with Crippen LogP contribution in [0.15, 0.2) is 109 Å². The Morgan fingerprint density at radius 1 is 0.447 bits per heavy atom. The van der Waals surface area contributed by atoms with Gasteiger partial charge in [-0.2, -0.15) is 10.5 Å². The van der Waals surface area contributed by atoms with Gasteiger partial charge in [0.2, 0.25) is 0 Å². The van der Waals surface area contributed by atoms with Gasteiger partial charge in [0, 0.05) is 23.0 Å². The summed E-state index contributed by atoms with van der Waals surface area (Å²) in [4.78, 5) is 0. The van der Waals surface area contributed by atoms with Crippen molar-refractivity contribution in [3.05, 3.63) is 154 Å². The molecule has 0 heterocycles. The van der Waals surface area contributed by atoms with Gasteiger partial charge in [0.1, 0.15) is 23.0 Å². The standard InChI is InChI=1S/C34H20N2O2/c35-19-21-9-13-23(14-10-21)37-29-17-18-30(38-24-15-11-22(20-36)12-16-24)34-32-26-6-2-1-5-25(26)31(33(29)34)27-7-3-4-8-28(27)32/h1-18,31-32H. The number of ether oxygens (including phenoxy) is 2. The first kappa shape index (κ1) is 21.9. The van der Waals surface area contributed by atoms with Crippen LogP contribution in [0, 0.1) is 22.7 Å². The molecule has 0 saturated heterocycles. The lowest BCUT2D eigenvalue weighted by atomic mass is 9.60. The number of hydrogen-bond donors (Lipinski definition) is 0. The molecule has 0 aliphatic heterocycles. The van der Waals surface area contributed by atoms with E-state index in [0.717, 1.165) is 22.6 Å². The zero-order chi connectivity index (χ0) is 25.6. The van der Waals surface area contributed by atoms with Gasteiger partial charge < -0.3 is 9.47 Å². The molecule has 4 heteroatoms. The number of hydrogen-bond acceptors (Lipinski definition) is 4. The summed E-state index contributed by atoms with van der Waals surface area (Å²) in [5.41, 5.74) is 8.51. The molecule has 5 aromatic rings. The summed E-state index contributed by atoms with van der Waals surface area (Å²) < 4.78 is 13.0. The zero-order valence-corrected chi connectivity index (χ0v) is 20.3. The fourth-order valence-electron chi connectivity index (χ4n) is 5.85. The minimum Gasteiger partial charge on any atom is -0.457 e. The molecule has 2 bridgehead atoms. The largest absolute Gasteiger partial charge is 0.457 e. The van der Waals surface area contributed by atoms with Crippen LogP contribution in [0.4, 0.5) is 0 Å². The van der Waals surface area contributed by atoms with Gasteiger partial charge in [-0.3, -0.25) is 0 Å². The topological polar surface area (TPSA) is 66.0 Å². The van der Waals surface area contributed by atoms with E-state index in [-0.39, 0.29) is 11.8 Å². The molecule has 0 radical (unpaired) electrons. The van der Waals surface area contributed by atoms with Crippen molar-refractivity contribution in [3.63, 3.8) is 0 Å². The minimum atomic E-state index is 0.000275. The van der Waals surface area contributed by atoms with Crippen LogP contribution in [0.2, 0.25) is 0 Å². The number of nitrogens with zero attached hydrogens (tertiary/aromatic N) is 2. The molecule has 0 aromatic heterocycles. The first-order valence-electron chi connectivity index (χ1n) is 12.5. The van der Waals surface area contributed by atoms with Crippen LogP contribution >= 0.6 is 0 Å². The molecule has 4 nitrogen and oxygen atoms in total. The molecule has 3 aliphatic rings. The van der Waals surface area contributed by atoms with E-state index in [0.29, 0.717) is 22.6 Å². The van der Waals surface area contributed by atoms with Gasteiger partial charge >= 0.3 is 0 Å². The van der Waals surface area contributed by atoms with Gasteiger partial charge in [0.05, 0.1) is 23.3 Å². The van der Waals surface area contributed by atoms with Crippen molar-refractivity contribution in [2.24, 2.45) is 0 Å². The van der Waals surface area contributed by atoms with Crippen LogP contribution in [-0.4, -0.2) is 0 Å². The Morgan fingerprint density at radius 3 is 1.11 bits per heavy atom. The van der Waals surface area contributed by atoms with Gasteiger partial charge in [-0.05, 0) is 82.9 Å². The van der Waals surface area contributed by atoms with E-state index >= 15 is 0 Å². The van der Waals surface area contributed by atoms with Crippen molar-refractivity contribution in [3.8, 4) is 35.1 Å². The van der Waals surface area contributed by atoms with Crippen molar-refractivity contribution >= 4 is 0 Å². The molecule has 178 valence electrons. The predicted octanol–water partition coefficient (Wildman–Crippen LogP) is 8.00. The Kier molecular flexibility index (Phi) is 5.00. The normalized spacial score (nSPS) is 15.8. The second kappa shape index (κ2) is 8.66. The summed E-state index contributed by atoms with van der Waals surface area (Å²) in [6, 6.07) is 39.9. The molecular formula is C34H20N2O2. The van der Waals surface area contributed by atoms with Crippen LogP contribution in [0.25, 0.3) is 0 Å². The first-order chi connectivity index (χ1) is 18.7. The SMILES string of the molecule is N#Cc1ccc(Oc2ccc(Oc3ccc(C#N)cc3)c3c2C2c4ccccc4C3c3ccccc32)cc1. The van der Waals surface area contributed by atoms with Crippen LogP contribution in [-0.2, 0) is 0 Å². The molecule has 8 rings (SSSR count). The van der Waals surface area contributed by atoms with Crippen molar-refractivity contribution in [2.75, 3.05) is 0 Å². The summed E-state index contributed by atoms with van der Waals surface area (Å²) in [5, 5.41) is 18.4. The Labute approximate surface area is 220 Å². The lowest BCUT2D eigenvalue weighted by Crippen LogP contribution is -2.28. The minimum absolute atomic E-state index is 0.000275. The molecule has 38 heavy (non-hydrogen) atoms. The average Bonchev–Trinajstić information content (AvgIpc) is 2.98. The molecule has 0 N–H and O–H groups in total. The van der Waals surface area contributed by atoms with Gasteiger partial charge in [-0.1, -0.05) is 48.5 Å². The maximum Gasteiger partial charge on any atom is 0.132 e. The maximum absolute atomic E-state index is 9.19. The molecule has 5 aromatic carbocycles. The number of nitriles is 2. The second-order valence-corrected chi connectivity index (χ2v) is 9.49. The maximum atomic E-state index is 9.19. The molecule has 0 saturated carbocycles. The summed E-state index contributed by atoms with van der Waals surface area (Å²) in [6.45, 7) is 0. The van der Waals surface area contributed by atoms with E-state index in [9.17, 15) is 10.5 Å². The van der Waals surface area contributed by atoms with Crippen molar-refractivity contribution < 1.29 is 9.47 Å². The second-order valence-electron chi connectivity index (χ2n) is 9.49. The third-order valence-corrected chi connectivity index (χ3v) is 7.44. The average molecular weight is 489 g/mol. The van der Waals surface area contributed by atoms with Crippen molar-refractivity contribution in [2.45, 2.75) is 11.8 Å². The molecular weight excluding hydrogens is 468 g/mol. The molecule has 0 fully saturated rings. The van der Waals surface area contributed by atoms with E-state index in [2.05, 4.69) is 60.7 Å². The Morgan fingerprint density at radius 2 is 0.789 bits per heavy atom. The van der Waals surface area contributed by atoms with Crippen LogP contribution < -0.4 is 9.47 Å². The van der Waals surface area contributed by atoms with E-state index in [1.165, 1.54) is 22.3 Å². The Bertz CT molecular complexity index is 1610. The van der Waals surface area contributed by atoms with Crippen LogP contribution in [0.5, 0.6) is 23.0 Å². The predicted molar refractivity (Wildman–Crippen MR) is 144 cm³/mol. The highest BCUT2D eigenvalue weighted by atomic mass is 16.5. The highest BCUT2D eigenvalue weighted by Gasteiger charge is 2.44.